The van der Waals surface area contributed by atoms with Crippen LogP contribution < -0.4 is 38.8 Å². The van der Waals surface area contributed by atoms with E-state index in [-0.39, 0.29) is 47.7 Å². The largest absolute Gasteiger partial charge is 0.497 e. The van der Waals surface area contributed by atoms with Crippen molar-refractivity contribution in [1.82, 2.24) is 29.8 Å². The van der Waals surface area contributed by atoms with Crippen LogP contribution in [0.5, 0.6) is 29.1 Å². The normalized spacial score (nSPS) is 18.4. The summed E-state index contributed by atoms with van der Waals surface area (Å²) in [6, 6.07) is 31.3. The molecule has 11 rings (SSSR count). The van der Waals surface area contributed by atoms with E-state index in [2.05, 4.69) is 33.0 Å². The molecular weight excluding hydrogens is 984 g/mol. The van der Waals surface area contributed by atoms with Gasteiger partial charge in [-0.3, -0.25) is 4.90 Å². The van der Waals surface area contributed by atoms with E-state index in [1.165, 1.54) is 6.07 Å². The second-order valence-corrected chi connectivity index (χ2v) is 20.2. The summed E-state index contributed by atoms with van der Waals surface area (Å²) >= 11 is 0. The number of aryl methyl sites for hydroxylation is 1. The number of hydrogen-bond acceptors (Lipinski definition) is 14. The number of methoxy groups -OCH3 is 3. The molecule has 0 unspecified atom stereocenters. The van der Waals surface area contributed by atoms with Gasteiger partial charge in [0.1, 0.15) is 76.5 Å². The highest BCUT2D eigenvalue weighted by molar-refractivity contribution is 6.02. The van der Waals surface area contributed by atoms with Gasteiger partial charge >= 0.3 is 6.01 Å². The van der Waals surface area contributed by atoms with E-state index < -0.39 is 29.4 Å². The molecule has 398 valence electrons. The van der Waals surface area contributed by atoms with Crippen LogP contribution in [0.4, 0.5) is 30.6 Å². The van der Waals surface area contributed by atoms with Crippen molar-refractivity contribution in [1.29, 1.82) is 0 Å². The lowest BCUT2D eigenvalue weighted by atomic mass is 9.95. The van der Waals surface area contributed by atoms with Gasteiger partial charge in [0, 0.05) is 55.3 Å². The minimum absolute atomic E-state index is 0.0712. The van der Waals surface area contributed by atoms with E-state index in [0.717, 1.165) is 64.7 Å². The quantitative estimate of drug-likeness (QED) is 0.0874. The second kappa shape index (κ2) is 21.6. The summed E-state index contributed by atoms with van der Waals surface area (Å²) in [5.74, 6) is 2.62. The first-order chi connectivity index (χ1) is 37.5. The number of hydrogen-bond donors (Lipinski definition) is 1. The zero-order chi connectivity index (χ0) is 53.4. The monoisotopic (exact) mass is 1050 g/mol. The van der Waals surface area contributed by atoms with Gasteiger partial charge in [0.05, 0.1) is 44.5 Å². The molecule has 4 aromatic heterocycles. The van der Waals surface area contributed by atoms with Gasteiger partial charge in [0.15, 0.2) is 5.82 Å². The Hall–Kier alpha value is -7.92. The number of pyridine rings is 3. The molecule has 14 nitrogen and oxygen atoms in total. The molecule has 3 aliphatic heterocycles. The summed E-state index contributed by atoms with van der Waals surface area (Å²) in [5.41, 5.74) is 4.31. The highest BCUT2D eigenvalue weighted by Crippen LogP contribution is 2.47. The van der Waals surface area contributed by atoms with Crippen LogP contribution in [0.1, 0.15) is 73.9 Å². The van der Waals surface area contributed by atoms with E-state index in [4.69, 9.17) is 48.6 Å². The number of aromatic nitrogens is 5. The summed E-state index contributed by atoms with van der Waals surface area (Å²) < 4.78 is 79.2. The highest BCUT2D eigenvalue weighted by atomic mass is 19.1. The maximum atomic E-state index is 18.4. The van der Waals surface area contributed by atoms with Crippen LogP contribution in [0.3, 0.4) is 0 Å². The summed E-state index contributed by atoms with van der Waals surface area (Å²) in [4.78, 5) is 31.6. The molecule has 0 amide bonds. The maximum Gasteiger partial charge on any atom is 0.319 e. The van der Waals surface area contributed by atoms with E-state index in [0.29, 0.717) is 72.7 Å². The fourth-order valence-corrected chi connectivity index (χ4v) is 11.5. The van der Waals surface area contributed by atoms with Crippen molar-refractivity contribution in [2.75, 3.05) is 62.7 Å². The predicted octanol–water partition coefficient (Wildman–Crippen LogP) is 11.6. The third-order valence-electron chi connectivity index (χ3n) is 15.4. The van der Waals surface area contributed by atoms with Crippen molar-refractivity contribution in [3.8, 4) is 40.4 Å². The Morgan fingerprint density at radius 3 is 2.17 bits per heavy atom. The average Bonchev–Trinajstić information content (AvgIpc) is 4.10. The number of fused-ring (bicyclic) bond motifs is 2. The number of anilines is 3. The Bertz CT molecular complexity index is 3380. The molecule has 8 aromatic rings. The third-order valence-corrected chi connectivity index (χ3v) is 15.4. The van der Waals surface area contributed by atoms with Crippen molar-refractivity contribution in [3.05, 3.63) is 149 Å². The molecular formula is C60H62F3N9O5. The lowest BCUT2D eigenvalue weighted by Gasteiger charge is -2.37. The van der Waals surface area contributed by atoms with Crippen LogP contribution in [0.2, 0.25) is 0 Å². The minimum atomic E-state index is -0.990. The first-order valence-electron chi connectivity index (χ1n) is 26.3. The molecule has 2 fully saturated rings. The fourth-order valence-electron chi connectivity index (χ4n) is 11.5. The SMILES string of the molecule is CCc1c(F)ccc2nc(NCc3ccc(OC)cc3)cc(-c3nc4c5c(nc(OC[C@@]67CCCN6C[C@H](F)C7)nc5c3F)N([C@H](C)c3cccnc3N(Cc3ccc(OC)cc3)Cc3ccc(OC)cc3)[C@@H](C)CO4)c12. The Balaban J connectivity index is 1.06. The molecule has 4 aromatic carbocycles. The van der Waals surface area contributed by atoms with Gasteiger partial charge in [0.2, 0.25) is 5.88 Å². The summed E-state index contributed by atoms with van der Waals surface area (Å²) in [7, 11) is 4.91. The summed E-state index contributed by atoms with van der Waals surface area (Å²) in [5, 5.41) is 4.07. The van der Waals surface area contributed by atoms with Crippen molar-refractivity contribution < 1.29 is 36.9 Å². The lowest BCUT2D eigenvalue weighted by Crippen LogP contribution is -2.43. The Morgan fingerprint density at radius 1 is 0.831 bits per heavy atom. The summed E-state index contributed by atoms with van der Waals surface area (Å²) in [6.07, 6.45) is 3.08. The summed E-state index contributed by atoms with van der Waals surface area (Å²) in [6.45, 7) is 8.68. The Kier molecular flexibility index (Phi) is 14.4. The number of benzene rings is 4. The zero-order valence-corrected chi connectivity index (χ0v) is 44.2. The van der Waals surface area contributed by atoms with Crippen LogP contribution in [0.15, 0.2) is 109 Å². The molecule has 17 heteroatoms. The van der Waals surface area contributed by atoms with Gasteiger partial charge in [0.25, 0.3) is 0 Å². The van der Waals surface area contributed by atoms with Gasteiger partial charge in [-0.15, -0.1) is 0 Å². The molecule has 4 atom stereocenters. The van der Waals surface area contributed by atoms with Crippen molar-refractivity contribution >= 4 is 39.3 Å². The van der Waals surface area contributed by atoms with E-state index in [1.54, 1.807) is 39.7 Å². The molecule has 0 bridgehead atoms. The molecule has 77 heavy (non-hydrogen) atoms. The molecule has 3 aliphatic rings. The molecule has 7 heterocycles. The fraction of sp³-hybridized carbons (Fsp3) is 0.350. The average molecular weight is 1050 g/mol. The molecule has 2 saturated heterocycles. The Labute approximate surface area is 446 Å². The van der Waals surface area contributed by atoms with Gasteiger partial charge in [-0.1, -0.05) is 49.4 Å². The first kappa shape index (κ1) is 51.2. The third kappa shape index (κ3) is 10.0. The standard InChI is InChI=1S/C60H62F3N9O5/c1-7-45-48(62)23-24-49-51(45)47(28-50(66-49)65-30-38-11-17-42(73-4)18-12-38)54-53(63)55-52-57(69-59(68-55)77-35-60-25-9-27-71(60)33-41(61)29-60)72(36(2)34-76-58(52)67-54)37(3)46-10-8-26-64-56(46)70(31-39-13-19-43(74-5)20-14-39)32-40-15-21-44(75-6)22-16-40/h8,10-24,26,28,36-37,41H,7,9,25,27,29-35H2,1-6H3,(H,65,66)/t36-,37+,41+,60-/m0/s1. The molecule has 0 saturated carbocycles. The molecule has 1 N–H and O–H groups in total. The topological polar surface area (TPSA) is 132 Å². The highest BCUT2D eigenvalue weighted by Gasteiger charge is 2.49. The molecule has 0 radical (unpaired) electrons. The lowest BCUT2D eigenvalue weighted by molar-refractivity contribution is 0.107. The van der Waals surface area contributed by atoms with Crippen LogP contribution in [0, 0.1) is 11.6 Å². The van der Waals surface area contributed by atoms with E-state index >= 15 is 13.2 Å². The van der Waals surface area contributed by atoms with Crippen LogP contribution >= 0.6 is 0 Å². The van der Waals surface area contributed by atoms with E-state index in [1.807, 2.05) is 92.7 Å². The second-order valence-electron chi connectivity index (χ2n) is 20.2. The van der Waals surface area contributed by atoms with Gasteiger partial charge in [-0.25, -0.2) is 28.1 Å². The number of alkyl halides is 1. The van der Waals surface area contributed by atoms with E-state index in [9.17, 15) is 0 Å². The van der Waals surface area contributed by atoms with Crippen LogP contribution in [0.25, 0.3) is 33.1 Å². The van der Waals surface area contributed by atoms with Crippen molar-refractivity contribution in [2.24, 2.45) is 0 Å². The van der Waals surface area contributed by atoms with Gasteiger partial charge in [-0.05, 0) is 123 Å². The number of nitrogens with zero attached hydrogens (tertiary/aromatic N) is 8. The first-order valence-corrected chi connectivity index (χ1v) is 26.3. The minimum Gasteiger partial charge on any atom is -0.497 e. The predicted molar refractivity (Wildman–Crippen MR) is 292 cm³/mol. The smallest absolute Gasteiger partial charge is 0.319 e. The van der Waals surface area contributed by atoms with Gasteiger partial charge in [-0.2, -0.15) is 9.97 Å². The number of halogens is 3. The molecule has 0 aliphatic carbocycles. The van der Waals surface area contributed by atoms with Crippen molar-refractivity contribution in [2.45, 2.75) is 89.9 Å². The number of nitrogens with one attached hydrogen (secondary N) is 1. The van der Waals surface area contributed by atoms with Gasteiger partial charge < -0.3 is 38.8 Å². The van der Waals surface area contributed by atoms with Crippen LogP contribution in [-0.2, 0) is 26.1 Å². The molecule has 0 spiro atoms. The number of rotatable bonds is 18. The Morgan fingerprint density at radius 2 is 1.51 bits per heavy atom. The zero-order valence-electron chi connectivity index (χ0n) is 44.2. The maximum absolute atomic E-state index is 18.4. The number of ether oxygens (including phenoxy) is 5. The van der Waals surface area contributed by atoms with Crippen molar-refractivity contribution in [3.63, 3.8) is 0 Å². The van der Waals surface area contributed by atoms with Crippen LogP contribution in [-0.4, -0.2) is 95.2 Å².